The molecule has 5 heteroatoms. The predicted molar refractivity (Wildman–Crippen MR) is 138 cm³/mol. The summed E-state index contributed by atoms with van der Waals surface area (Å²) >= 11 is 0. The monoisotopic (exact) mass is 491 g/mol. The molecule has 1 saturated carbocycles. The number of hydrogen-bond acceptors (Lipinski definition) is 4. The molecule has 8 rings (SSSR count). The number of nitrogens with zero attached hydrogens (tertiary/aromatic N) is 1. The van der Waals surface area contributed by atoms with Crippen LogP contribution in [0.4, 0.5) is 0 Å². The lowest BCUT2D eigenvalue weighted by atomic mass is 9.55. The molecule has 0 spiro atoms. The van der Waals surface area contributed by atoms with Crippen molar-refractivity contribution in [3.63, 3.8) is 0 Å². The van der Waals surface area contributed by atoms with Gasteiger partial charge in [-0.15, -0.1) is 0 Å². The zero-order chi connectivity index (χ0) is 25.3. The van der Waals surface area contributed by atoms with Crippen molar-refractivity contribution in [3.8, 4) is 5.75 Å². The predicted octanol–water partition coefficient (Wildman–Crippen LogP) is 5.35. The number of carbonyl (C=O) groups excluding carboxylic acids is 3. The van der Waals surface area contributed by atoms with Gasteiger partial charge in [0.15, 0.2) is 0 Å². The van der Waals surface area contributed by atoms with Crippen LogP contribution in [0, 0.1) is 24.7 Å². The molecule has 1 aliphatic heterocycles. The molecule has 0 unspecified atom stereocenters. The molecular formula is C32H29NO4. The van der Waals surface area contributed by atoms with Crippen molar-refractivity contribution in [2.45, 2.75) is 50.5 Å². The number of benzene rings is 3. The lowest BCUT2D eigenvalue weighted by Crippen LogP contribution is -2.44. The molecule has 5 aliphatic rings. The Kier molecular flexibility index (Phi) is 5.10. The third-order valence-electron chi connectivity index (χ3n) is 9.09. The molecule has 1 saturated heterocycles. The van der Waals surface area contributed by atoms with Gasteiger partial charge in [-0.25, -0.2) is 0 Å². The highest BCUT2D eigenvalue weighted by Crippen LogP contribution is 2.61. The molecule has 5 nitrogen and oxygen atoms in total. The summed E-state index contributed by atoms with van der Waals surface area (Å²) in [6.07, 6.45) is 2.52. The van der Waals surface area contributed by atoms with Gasteiger partial charge in [-0.1, -0.05) is 60.7 Å². The van der Waals surface area contributed by atoms with E-state index in [1.165, 1.54) is 22.3 Å². The number of imide groups is 1. The van der Waals surface area contributed by atoms with Gasteiger partial charge in [0.2, 0.25) is 11.8 Å². The van der Waals surface area contributed by atoms with Crippen molar-refractivity contribution in [2.75, 3.05) is 0 Å². The Balaban J connectivity index is 1.12. The number of carbonyl (C=O) groups is 3. The molecular weight excluding hydrogens is 462 g/mol. The summed E-state index contributed by atoms with van der Waals surface area (Å²) in [6, 6.07) is 24.0. The van der Waals surface area contributed by atoms with Crippen molar-refractivity contribution in [2.24, 2.45) is 17.8 Å². The van der Waals surface area contributed by atoms with Crippen LogP contribution in [0.15, 0.2) is 72.8 Å². The average molecular weight is 492 g/mol. The number of aryl methyl sites for hydroxylation is 1. The number of rotatable bonds is 3. The van der Waals surface area contributed by atoms with Crippen LogP contribution in [0.5, 0.6) is 5.75 Å². The number of likely N-dealkylation sites (tertiary alicyclic amines) is 1. The first-order valence-electron chi connectivity index (χ1n) is 13.4. The summed E-state index contributed by atoms with van der Waals surface area (Å²) in [5, 5.41) is 0. The number of ether oxygens (including phenoxy) is 1. The normalized spacial score (nSPS) is 29.5. The Hall–Kier alpha value is -3.73. The van der Waals surface area contributed by atoms with Gasteiger partial charge in [0.25, 0.3) is 0 Å². The van der Waals surface area contributed by atoms with Crippen LogP contribution in [-0.2, 0) is 14.4 Å². The van der Waals surface area contributed by atoms with Gasteiger partial charge in [-0.05, 0) is 72.6 Å². The highest BCUT2D eigenvalue weighted by molar-refractivity contribution is 6.08. The molecule has 2 amide bonds. The van der Waals surface area contributed by atoms with Crippen molar-refractivity contribution in [1.82, 2.24) is 4.90 Å². The molecule has 3 aromatic carbocycles. The van der Waals surface area contributed by atoms with Crippen molar-refractivity contribution in [3.05, 3.63) is 101 Å². The van der Waals surface area contributed by atoms with Gasteiger partial charge in [0, 0.05) is 17.9 Å². The number of esters is 1. The molecule has 186 valence electrons. The summed E-state index contributed by atoms with van der Waals surface area (Å²) in [6.45, 7) is 1.97. The molecule has 0 aromatic heterocycles. The van der Waals surface area contributed by atoms with Gasteiger partial charge >= 0.3 is 5.97 Å². The van der Waals surface area contributed by atoms with Gasteiger partial charge in [0.05, 0.1) is 17.8 Å². The summed E-state index contributed by atoms with van der Waals surface area (Å²) in [4.78, 5) is 42.3. The summed E-state index contributed by atoms with van der Waals surface area (Å²) < 4.78 is 5.64. The van der Waals surface area contributed by atoms with Gasteiger partial charge in [0.1, 0.15) is 5.75 Å². The topological polar surface area (TPSA) is 63.7 Å². The van der Waals surface area contributed by atoms with E-state index in [2.05, 4.69) is 24.3 Å². The third kappa shape index (κ3) is 3.33. The fraction of sp³-hybridized carbons (Fsp3) is 0.344. The van der Waals surface area contributed by atoms with Crippen LogP contribution >= 0.6 is 0 Å². The second kappa shape index (κ2) is 8.41. The molecule has 2 bridgehead atoms. The smallest absolute Gasteiger partial charge is 0.314 e. The quantitative estimate of drug-likeness (QED) is 0.281. The van der Waals surface area contributed by atoms with Gasteiger partial charge in [-0.2, -0.15) is 0 Å². The Bertz CT molecular complexity index is 1320. The van der Waals surface area contributed by atoms with Crippen molar-refractivity contribution in [1.29, 1.82) is 0 Å². The van der Waals surface area contributed by atoms with Crippen molar-refractivity contribution < 1.29 is 19.1 Å². The maximum Gasteiger partial charge on any atom is 0.314 e. The van der Waals surface area contributed by atoms with E-state index in [-0.39, 0.29) is 53.4 Å². The second-order valence-electron chi connectivity index (χ2n) is 11.1. The van der Waals surface area contributed by atoms with Crippen molar-refractivity contribution >= 4 is 17.8 Å². The van der Waals surface area contributed by atoms with E-state index in [9.17, 15) is 14.4 Å². The van der Waals surface area contributed by atoms with Gasteiger partial charge < -0.3 is 4.74 Å². The van der Waals surface area contributed by atoms with Crippen LogP contribution in [0.2, 0.25) is 0 Å². The number of hydrogen-bond donors (Lipinski definition) is 0. The molecule has 3 aromatic rings. The minimum atomic E-state index is -0.341. The Morgan fingerprint density at radius 1 is 0.730 bits per heavy atom. The third-order valence-corrected chi connectivity index (χ3v) is 9.09. The minimum absolute atomic E-state index is 0.0280. The molecule has 1 heterocycles. The molecule has 2 fully saturated rings. The SMILES string of the molecule is Cc1cccc(OC(=O)C2CCC(N3C(=O)[C@@H]4C5c6ccccc6C(c6ccccc65)[C@@H]4C3=O)CC2)c1. The highest BCUT2D eigenvalue weighted by atomic mass is 16.5. The number of amides is 2. The van der Waals surface area contributed by atoms with E-state index in [1.807, 2.05) is 49.4 Å². The Morgan fingerprint density at radius 2 is 1.24 bits per heavy atom. The van der Waals surface area contributed by atoms with Crippen LogP contribution in [-0.4, -0.2) is 28.7 Å². The summed E-state index contributed by atoms with van der Waals surface area (Å²) in [5.74, 6) is -0.765. The minimum Gasteiger partial charge on any atom is -0.426 e. The molecule has 0 radical (unpaired) electrons. The average Bonchev–Trinajstić information content (AvgIpc) is 3.19. The van der Waals surface area contributed by atoms with Gasteiger partial charge in [-0.3, -0.25) is 19.3 Å². The lowest BCUT2D eigenvalue weighted by molar-refractivity contribution is -0.144. The maximum atomic E-state index is 14.0. The van der Waals surface area contributed by atoms with Crippen LogP contribution < -0.4 is 4.74 Å². The Morgan fingerprint density at radius 3 is 1.73 bits per heavy atom. The summed E-state index contributed by atoms with van der Waals surface area (Å²) in [7, 11) is 0. The van der Waals surface area contributed by atoms with E-state index in [4.69, 9.17) is 4.74 Å². The van der Waals surface area contributed by atoms with Crippen LogP contribution in [0.25, 0.3) is 0 Å². The first kappa shape index (κ1) is 22.5. The Labute approximate surface area is 216 Å². The molecule has 4 aliphatic carbocycles. The molecule has 37 heavy (non-hydrogen) atoms. The fourth-order valence-corrected chi connectivity index (χ4v) is 7.51. The largest absolute Gasteiger partial charge is 0.426 e. The first-order chi connectivity index (χ1) is 18.0. The zero-order valence-electron chi connectivity index (χ0n) is 20.8. The van der Waals surface area contributed by atoms with E-state index in [1.54, 1.807) is 11.0 Å². The lowest BCUT2D eigenvalue weighted by Gasteiger charge is -2.45. The van der Waals surface area contributed by atoms with Crippen LogP contribution in [0.1, 0.15) is 65.3 Å². The zero-order valence-corrected chi connectivity index (χ0v) is 20.8. The van der Waals surface area contributed by atoms with E-state index < -0.39 is 0 Å². The fourth-order valence-electron chi connectivity index (χ4n) is 7.51. The van der Waals surface area contributed by atoms with E-state index in [0.29, 0.717) is 31.4 Å². The second-order valence-corrected chi connectivity index (χ2v) is 11.1. The molecule has 2 atom stereocenters. The highest BCUT2D eigenvalue weighted by Gasteiger charge is 2.62. The van der Waals surface area contributed by atoms with Crippen LogP contribution in [0.3, 0.4) is 0 Å². The molecule has 0 N–H and O–H groups in total. The first-order valence-corrected chi connectivity index (χ1v) is 13.4. The maximum absolute atomic E-state index is 14.0. The summed E-state index contributed by atoms with van der Waals surface area (Å²) in [5.41, 5.74) is 5.81. The standard InChI is InChI=1S/C32H29NO4/c1-18-7-6-8-21(17-18)37-32(36)19-13-15-20(16-14-19)33-30(34)28-26-22-9-2-3-10-23(22)27(29(28)31(33)35)25-12-5-4-11-24(25)26/h2-12,17,19-20,26-29H,13-16H2,1H3/t19?,20?,26?,27?,28-,29+. The van der Waals surface area contributed by atoms with E-state index >= 15 is 0 Å². The van der Waals surface area contributed by atoms with E-state index in [0.717, 1.165) is 5.56 Å².